The molecule has 0 atom stereocenters. The Bertz CT molecular complexity index is 584. The molecule has 1 aromatic carbocycles. The van der Waals surface area contributed by atoms with Crippen molar-refractivity contribution >= 4 is 10.1 Å². The van der Waals surface area contributed by atoms with Crippen LogP contribution in [0.15, 0.2) is 18.2 Å². The highest BCUT2D eigenvalue weighted by molar-refractivity contribution is 7.85. The molecule has 0 unspecified atom stereocenters. The zero-order chi connectivity index (χ0) is 15.1. The van der Waals surface area contributed by atoms with Crippen LogP contribution in [-0.2, 0) is 27.0 Å². The molecule has 0 heterocycles. The van der Waals surface area contributed by atoms with Crippen molar-refractivity contribution in [2.24, 2.45) is 0 Å². The first-order valence-corrected chi connectivity index (χ1v) is 5.92. The number of alkyl halides is 3. The van der Waals surface area contributed by atoms with Crippen molar-refractivity contribution in [3.63, 3.8) is 0 Å². The van der Waals surface area contributed by atoms with E-state index in [1.165, 1.54) is 0 Å². The third-order valence-electron chi connectivity index (χ3n) is 1.60. The third-order valence-corrected chi connectivity index (χ3v) is 1.99. The second-order valence-electron chi connectivity index (χ2n) is 3.08. The van der Waals surface area contributed by atoms with Gasteiger partial charge in [0.15, 0.2) is 0 Å². The smallest absolute Gasteiger partial charge is 0.265 e. The minimum atomic E-state index is -4.79. The average molecular weight is 274 g/mol. The predicted octanol–water partition coefficient (Wildman–Crippen LogP) is 2.32. The number of halogens is 4. The molecule has 0 aliphatic heterocycles. The van der Waals surface area contributed by atoms with Crippen LogP contribution in [0.1, 0.15) is 13.9 Å². The molecule has 1 rings (SSSR count). The second kappa shape index (κ2) is 4.61. The van der Waals surface area contributed by atoms with Crippen LogP contribution in [0.4, 0.5) is 17.6 Å². The highest BCUT2D eigenvalue weighted by atomic mass is 32.2. The maximum atomic E-state index is 13.4. The van der Waals surface area contributed by atoms with Gasteiger partial charge in [0, 0.05) is 5.56 Å². The number of benzene rings is 1. The molecule has 3 nitrogen and oxygen atoms in total. The fourth-order valence-electron chi connectivity index (χ4n) is 0.895. The molecule has 1 aromatic rings. The van der Waals surface area contributed by atoms with Crippen LogP contribution >= 0.6 is 0 Å². The minimum Gasteiger partial charge on any atom is -0.265 e. The van der Waals surface area contributed by atoms with Gasteiger partial charge in [-0.2, -0.15) is 21.6 Å². The minimum absolute atomic E-state index is 0.0683. The molecule has 96 valence electrons. The normalized spacial score (nSPS) is 15.4. The summed E-state index contributed by atoms with van der Waals surface area (Å²) in [5.41, 5.74) is -2.25. The summed E-state index contributed by atoms with van der Waals surface area (Å²) >= 11 is 0. The van der Waals surface area contributed by atoms with E-state index in [1.54, 1.807) is 0 Å². The lowest BCUT2D eigenvalue weighted by Crippen LogP contribution is -2.08. The lowest BCUT2D eigenvalue weighted by molar-refractivity contribution is -0.137. The van der Waals surface area contributed by atoms with E-state index in [9.17, 15) is 26.0 Å². The van der Waals surface area contributed by atoms with Gasteiger partial charge in [0.25, 0.3) is 10.1 Å². The van der Waals surface area contributed by atoms with Crippen LogP contribution in [-0.4, -0.2) is 14.7 Å². The van der Waals surface area contributed by atoms with E-state index in [0.29, 0.717) is 18.4 Å². The zero-order valence-corrected chi connectivity index (χ0v) is 9.19. The number of hydrogen-bond donors (Lipinski definition) is 0. The molecule has 0 fully saturated rings. The summed E-state index contributed by atoms with van der Waals surface area (Å²) in [6.45, 7) is -3.10. The topological polar surface area (TPSA) is 43.4 Å². The summed E-state index contributed by atoms with van der Waals surface area (Å²) in [6.07, 6.45) is -4.25. The first kappa shape index (κ1) is 11.0. The number of rotatable bonds is 3. The highest BCUT2D eigenvalue weighted by Gasteiger charge is 2.31. The van der Waals surface area contributed by atoms with E-state index >= 15 is 0 Å². The lowest BCUT2D eigenvalue weighted by Gasteiger charge is -2.08. The number of hydrogen-bond acceptors (Lipinski definition) is 3. The van der Waals surface area contributed by atoms with Gasteiger partial charge in [0.1, 0.15) is 5.82 Å². The summed E-state index contributed by atoms with van der Waals surface area (Å²) in [5, 5.41) is 0. The maximum Gasteiger partial charge on any atom is 0.416 e. The molecule has 0 aliphatic carbocycles. The molecule has 0 aromatic heterocycles. The SMILES string of the molecule is [2H]C([2H])(OS(C)(=O)=O)c1ccc(C(F)(F)F)cc1F. The average Bonchev–Trinajstić information content (AvgIpc) is 2.11. The Kier molecular flexibility index (Phi) is 2.98. The second-order valence-corrected chi connectivity index (χ2v) is 4.66. The molecule has 0 N–H and O–H groups in total. The van der Waals surface area contributed by atoms with Crippen LogP contribution in [0.5, 0.6) is 0 Å². The van der Waals surface area contributed by atoms with Gasteiger partial charge in [-0.05, 0) is 12.1 Å². The van der Waals surface area contributed by atoms with Crippen LogP contribution in [0.25, 0.3) is 0 Å². The van der Waals surface area contributed by atoms with Gasteiger partial charge in [-0.15, -0.1) is 0 Å². The zero-order valence-electron chi connectivity index (χ0n) is 10.4. The van der Waals surface area contributed by atoms with E-state index < -0.39 is 39.8 Å². The fourth-order valence-corrected chi connectivity index (χ4v) is 1.14. The summed E-state index contributed by atoms with van der Waals surface area (Å²) in [4.78, 5) is 0. The Hall–Kier alpha value is -1.15. The van der Waals surface area contributed by atoms with Crippen LogP contribution in [0, 0.1) is 5.82 Å². The first-order chi connectivity index (χ1) is 8.33. The summed E-state index contributed by atoms with van der Waals surface area (Å²) in [6, 6.07) is 0.990. The molecule has 17 heavy (non-hydrogen) atoms. The van der Waals surface area contributed by atoms with Crippen molar-refractivity contribution in [3.05, 3.63) is 35.1 Å². The van der Waals surface area contributed by atoms with Crippen LogP contribution in [0.2, 0.25) is 0 Å². The summed E-state index contributed by atoms with van der Waals surface area (Å²) in [5.74, 6) is -1.55. The van der Waals surface area contributed by atoms with Crippen molar-refractivity contribution in [2.75, 3.05) is 6.26 Å². The predicted molar refractivity (Wildman–Crippen MR) is 51.0 cm³/mol. The molecular formula is C9H8F4O3S. The van der Waals surface area contributed by atoms with Gasteiger partial charge in [0.2, 0.25) is 0 Å². The highest BCUT2D eigenvalue weighted by Crippen LogP contribution is 2.30. The van der Waals surface area contributed by atoms with Crippen LogP contribution < -0.4 is 0 Å². The van der Waals surface area contributed by atoms with Gasteiger partial charge in [-0.3, -0.25) is 4.18 Å². The van der Waals surface area contributed by atoms with E-state index in [1.807, 2.05) is 0 Å². The first-order valence-electron chi connectivity index (χ1n) is 5.11. The molecular weight excluding hydrogens is 264 g/mol. The maximum absolute atomic E-state index is 13.4. The standard InChI is InChI=1S/C9H8F4O3S/c1-17(14,15)16-5-6-2-3-7(4-8(6)10)9(11,12)13/h2-4H,5H2,1H3/i5D2. The monoisotopic (exact) mass is 274 g/mol. The Labute approximate surface area is 97.9 Å². The van der Waals surface area contributed by atoms with Crippen molar-refractivity contribution < 1.29 is 32.9 Å². The molecule has 0 bridgehead atoms. The molecule has 0 saturated carbocycles. The van der Waals surface area contributed by atoms with Crippen molar-refractivity contribution in [3.8, 4) is 0 Å². The summed E-state index contributed by atoms with van der Waals surface area (Å²) < 4.78 is 90.3. The van der Waals surface area contributed by atoms with Crippen molar-refractivity contribution in [2.45, 2.75) is 12.7 Å². The van der Waals surface area contributed by atoms with Crippen LogP contribution in [0.3, 0.4) is 0 Å². The van der Waals surface area contributed by atoms with Gasteiger partial charge < -0.3 is 0 Å². The molecule has 0 spiro atoms. The lowest BCUT2D eigenvalue weighted by atomic mass is 10.1. The van der Waals surface area contributed by atoms with E-state index in [-0.39, 0.29) is 6.07 Å². The Morgan fingerprint density at radius 2 is 2.00 bits per heavy atom. The molecule has 0 amide bonds. The van der Waals surface area contributed by atoms with E-state index in [2.05, 4.69) is 4.18 Å². The molecule has 0 aliphatic rings. The van der Waals surface area contributed by atoms with E-state index in [0.717, 1.165) is 0 Å². The Morgan fingerprint density at radius 3 is 2.41 bits per heavy atom. The molecule has 0 saturated heterocycles. The van der Waals surface area contributed by atoms with Crippen molar-refractivity contribution in [1.29, 1.82) is 0 Å². The quantitative estimate of drug-likeness (QED) is 0.627. The fraction of sp³-hybridized carbons (Fsp3) is 0.333. The van der Waals surface area contributed by atoms with E-state index in [4.69, 9.17) is 2.74 Å². The van der Waals surface area contributed by atoms with Crippen molar-refractivity contribution in [1.82, 2.24) is 0 Å². The van der Waals surface area contributed by atoms with Gasteiger partial charge in [-0.25, -0.2) is 4.39 Å². The van der Waals surface area contributed by atoms with Gasteiger partial charge in [-0.1, -0.05) is 6.07 Å². The van der Waals surface area contributed by atoms with Gasteiger partial charge in [0.05, 0.1) is 21.1 Å². The largest absolute Gasteiger partial charge is 0.416 e. The van der Waals surface area contributed by atoms with Gasteiger partial charge >= 0.3 is 6.18 Å². The Morgan fingerprint density at radius 1 is 1.41 bits per heavy atom. The summed E-state index contributed by atoms with van der Waals surface area (Å²) in [7, 11) is -4.25. The molecule has 8 heteroatoms. The third kappa shape index (κ3) is 4.31. The molecule has 0 radical (unpaired) electrons. The Balaban J connectivity index is 3.23.